The number of ketones is 1. The number of hydrogen-bond acceptors (Lipinski definition) is 4. The zero-order valence-electron chi connectivity index (χ0n) is 14.4. The van der Waals surface area contributed by atoms with E-state index in [0.29, 0.717) is 11.3 Å². The highest BCUT2D eigenvalue weighted by atomic mass is 16.3. The van der Waals surface area contributed by atoms with E-state index in [4.69, 9.17) is 4.42 Å². The fraction of sp³-hybridized carbons (Fsp3) is 0.143. The first-order valence-electron chi connectivity index (χ1n) is 8.36. The highest BCUT2D eigenvalue weighted by molar-refractivity contribution is 5.97. The van der Waals surface area contributed by atoms with Gasteiger partial charge in [0.15, 0.2) is 5.78 Å². The highest BCUT2D eigenvalue weighted by Crippen LogP contribution is 2.22. The predicted molar refractivity (Wildman–Crippen MR) is 100 cm³/mol. The van der Waals surface area contributed by atoms with Crippen LogP contribution in [-0.4, -0.2) is 18.2 Å². The Morgan fingerprint density at radius 2 is 1.81 bits per heavy atom. The van der Waals surface area contributed by atoms with E-state index < -0.39 is 0 Å². The molecule has 1 aromatic heterocycles. The zero-order valence-corrected chi connectivity index (χ0v) is 14.4. The Labute approximate surface area is 152 Å². The van der Waals surface area contributed by atoms with Crippen molar-refractivity contribution in [3.05, 3.63) is 89.9 Å². The zero-order chi connectivity index (χ0) is 18.4. The minimum Gasteiger partial charge on any atom is -0.467 e. The molecule has 5 heteroatoms. The summed E-state index contributed by atoms with van der Waals surface area (Å²) >= 11 is 0. The monoisotopic (exact) mass is 348 g/mol. The van der Waals surface area contributed by atoms with Crippen LogP contribution in [0.25, 0.3) is 0 Å². The lowest BCUT2D eigenvalue weighted by atomic mass is 10.0. The minimum atomic E-state index is -0.222. The van der Waals surface area contributed by atoms with Crippen molar-refractivity contribution in [2.45, 2.75) is 13.0 Å². The molecule has 132 valence electrons. The van der Waals surface area contributed by atoms with Gasteiger partial charge in [0.2, 0.25) is 5.91 Å². The van der Waals surface area contributed by atoms with Gasteiger partial charge in [-0.15, -0.1) is 0 Å². The molecule has 0 aliphatic carbocycles. The van der Waals surface area contributed by atoms with Gasteiger partial charge >= 0.3 is 0 Å². The molecule has 0 aliphatic heterocycles. The molecule has 5 nitrogen and oxygen atoms in total. The summed E-state index contributed by atoms with van der Waals surface area (Å²) in [6.07, 6.45) is 1.61. The molecule has 0 saturated heterocycles. The molecule has 3 aromatic rings. The highest BCUT2D eigenvalue weighted by Gasteiger charge is 2.17. The number of rotatable bonds is 7. The molecular formula is C21H20N2O3. The Hall–Kier alpha value is -3.18. The molecule has 0 fully saturated rings. The molecule has 3 rings (SSSR count). The maximum absolute atomic E-state index is 12.3. The van der Waals surface area contributed by atoms with Crippen molar-refractivity contribution < 1.29 is 14.0 Å². The summed E-state index contributed by atoms with van der Waals surface area (Å²) in [6, 6.07) is 20.2. The van der Waals surface area contributed by atoms with Crippen molar-refractivity contribution in [2.75, 3.05) is 11.9 Å². The summed E-state index contributed by atoms with van der Waals surface area (Å²) < 4.78 is 5.51. The molecule has 0 saturated carbocycles. The number of amides is 1. The molecule has 0 unspecified atom stereocenters. The number of benzene rings is 2. The molecular weight excluding hydrogens is 328 g/mol. The summed E-state index contributed by atoms with van der Waals surface area (Å²) in [5.74, 6) is 0.502. The Bertz CT molecular complexity index is 873. The number of nitrogens with one attached hydrogen (secondary N) is 2. The van der Waals surface area contributed by atoms with Crippen molar-refractivity contribution in [1.29, 1.82) is 0 Å². The van der Waals surface area contributed by atoms with Gasteiger partial charge in [0.05, 0.1) is 18.8 Å². The summed E-state index contributed by atoms with van der Waals surface area (Å²) in [6.45, 7) is 1.60. The van der Waals surface area contributed by atoms with Crippen molar-refractivity contribution in [1.82, 2.24) is 5.32 Å². The van der Waals surface area contributed by atoms with Crippen LogP contribution in [0.4, 0.5) is 5.69 Å². The number of carbonyl (C=O) groups is 2. The van der Waals surface area contributed by atoms with Crippen LogP contribution in [0.3, 0.4) is 0 Å². The fourth-order valence-electron chi connectivity index (χ4n) is 2.70. The SMILES string of the molecule is CC(=O)c1cccc(NC(=O)CN[C@@H](c2ccccc2)c2ccco2)c1. The summed E-state index contributed by atoms with van der Waals surface area (Å²) in [5.41, 5.74) is 2.17. The molecule has 26 heavy (non-hydrogen) atoms. The van der Waals surface area contributed by atoms with Crippen molar-refractivity contribution >= 4 is 17.4 Å². The Morgan fingerprint density at radius 1 is 1.00 bits per heavy atom. The largest absolute Gasteiger partial charge is 0.467 e. The van der Waals surface area contributed by atoms with Gasteiger partial charge < -0.3 is 9.73 Å². The van der Waals surface area contributed by atoms with E-state index in [2.05, 4.69) is 10.6 Å². The molecule has 2 aromatic carbocycles. The van der Waals surface area contributed by atoms with E-state index in [1.807, 2.05) is 42.5 Å². The average Bonchev–Trinajstić information content (AvgIpc) is 3.17. The van der Waals surface area contributed by atoms with Gasteiger partial charge in [-0.05, 0) is 36.8 Å². The maximum Gasteiger partial charge on any atom is 0.238 e. The Balaban J connectivity index is 1.67. The van der Waals surface area contributed by atoms with Crippen LogP contribution in [0.1, 0.15) is 34.6 Å². The molecule has 0 aliphatic rings. The van der Waals surface area contributed by atoms with E-state index in [9.17, 15) is 9.59 Å². The van der Waals surface area contributed by atoms with Crippen LogP contribution in [0.2, 0.25) is 0 Å². The molecule has 0 radical (unpaired) electrons. The first kappa shape index (κ1) is 17.6. The third-order valence-corrected chi connectivity index (χ3v) is 3.98. The maximum atomic E-state index is 12.3. The first-order chi connectivity index (χ1) is 12.6. The van der Waals surface area contributed by atoms with Gasteiger partial charge in [0, 0.05) is 11.3 Å². The fourth-order valence-corrected chi connectivity index (χ4v) is 2.70. The van der Waals surface area contributed by atoms with Crippen molar-refractivity contribution in [3.63, 3.8) is 0 Å². The number of furan rings is 1. The average molecular weight is 348 g/mol. The second-order valence-electron chi connectivity index (χ2n) is 5.93. The normalized spacial score (nSPS) is 11.7. The second-order valence-corrected chi connectivity index (χ2v) is 5.93. The summed E-state index contributed by atoms with van der Waals surface area (Å²) in [5, 5.41) is 6.03. The lowest BCUT2D eigenvalue weighted by molar-refractivity contribution is -0.115. The van der Waals surface area contributed by atoms with Crippen LogP contribution < -0.4 is 10.6 Å². The summed E-state index contributed by atoms with van der Waals surface area (Å²) in [7, 11) is 0. The van der Waals surface area contributed by atoms with Gasteiger partial charge in [0.25, 0.3) is 0 Å². The van der Waals surface area contributed by atoms with Crippen LogP contribution in [0.5, 0.6) is 0 Å². The van der Waals surface area contributed by atoms with Gasteiger partial charge in [-0.1, -0.05) is 42.5 Å². The van der Waals surface area contributed by atoms with Gasteiger partial charge in [0.1, 0.15) is 5.76 Å². The van der Waals surface area contributed by atoms with Gasteiger partial charge in [-0.3, -0.25) is 14.9 Å². The quantitative estimate of drug-likeness (QED) is 0.637. The van der Waals surface area contributed by atoms with Crippen molar-refractivity contribution in [2.24, 2.45) is 0 Å². The van der Waals surface area contributed by atoms with Gasteiger partial charge in [-0.2, -0.15) is 0 Å². The minimum absolute atomic E-state index is 0.0406. The van der Waals surface area contributed by atoms with E-state index in [1.165, 1.54) is 6.92 Å². The molecule has 1 amide bonds. The van der Waals surface area contributed by atoms with Crippen molar-refractivity contribution in [3.8, 4) is 0 Å². The van der Waals surface area contributed by atoms with E-state index >= 15 is 0 Å². The van der Waals surface area contributed by atoms with E-state index in [1.54, 1.807) is 30.5 Å². The number of anilines is 1. The van der Waals surface area contributed by atoms with E-state index in [-0.39, 0.29) is 24.3 Å². The standard InChI is InChI=1S/C21H20N2O3/c1-15(24)17-9-5-10-18(13-17)23-20(25)14-22-21(19-11-6-12-26-19)16-7-3-2-4-8-16/h2-13,21-22H,14H2,1H3,(H,23,25)/t21-/m0/s1. The summed E-state index contributed by atoms with van der Waals surface area (Å²) in [4.78, 5) is 23.8. The first-order valence-corrected chi connectivity index (χ1v) is 8.36. The number of hydrogen-bond donors (Lipinski definition) is 2. The molecule has 1 atom stereocenters. The second kappa shape index (κ2) is 8.27. The molecule has 2 N–H and O–H groups in total. The molecule has 0 bridgehead atoms. The number of Topliss-reactive ketones (excluding diaryl/α,β-unsaturated/α-hetero) is 1. The van der Waals surface area contributed by atoms with Crippen LogP contribution in [0, 0.1) is 0 Å². The lowest BCUT2D eigenvalue weighted by Crippen LogP contribution is -2.31. The van der Waals surface area contributed by atoms with Crippen LogP contribution in [0.15, 0.2) is 77.4 Å². The Morgan fingerprint density at radius 3 is 2.50 bits per heavy atom. The predicted octanol–water partition coefficient (Wildman–Crippen LogP) is 3.80. The van der Waals surface area contributed by atoms with Crippen LogP contribution >= 0.6 is 0 Å². The topological polar surface area (TPSA) is 71.3 Å². The smallest absolute Gasteiger partial charge is 0.238 e. The molecule has 0 spiro atoms. The Kier molecular flexibility index (Phi) is 5.61. The number of carbonyl (C=O) groups excluding carboxylic acids is 2. The molecule has 1 heterocycles. The van der Waals surface area contributed by atoms with E-state index in [0.717, 1.165) is 11.3 Å². The third-order valence-electron chi connectivity index (χ3n) is 3.98. The lowest BCUT2D eigenvalue weighted by Gasteiger charge is -2.17. The third kappa shape index (κ3) is 4.46. The van der Waals surface area contributed by atoms with Crippen LogP contribution in [-0.2, 0) is 4.79 Å². The van der Waals surface area contributed by atoms with Gasteiger partial charge in [-0.25, -0.2) is 0 Å².